The maximum Gasteiger partial charge on any atom is 0.417 e. The van der Waals surface area contributed by atoms with Crippen LogP contribution in [0.3, 0.4) is 0 Å². The molecule has 1 heterocycles. The predicted molar refractivity (Wildman–Crippen MR) is 176 cm³/mol. The van der Waals surface area contributed by atoms with Crippen molar-refractivity contribution in [2.45, 2.75) is 70.1 Å². The molecule has 4 aromatic rings. The van der Waals surface area contributed by atoms with Crippen LogP contribution in [0.1, 0.15) is 79.7 Å². The number of tetrazole rings is 1. The van der Waals surface area contributed by atoms with Gasteiger partial charge in [0.15, 0.2) is 6.33 Å². The van der Waals surface area contributed by atoms with Crippen LogP contribution in [-0.2, 0) is 17.5 Å². The predicted octanol–water partition coefficient (Wildman–Crippen LogP) is 8.61. The second-order valence-corrected chi connectivity index (χ2v) is 12.5. The summed E-state index contributed by atoms with van der Waals surface area (Å²) in [6, 6.07) is 22.2. The smallest absolute Gasteiger partial charge is 0.417 e. The standard InChI is InChI=1S/C36H43ClF3N5O2/c1-2-46-25-34(45-42-26-41-43-45)29-16-9-18-31(22-29)47-21-11-20-44(23-30-17-10-19-33(35(30)37)36(38,39)40)24-32(27-12-5-3-6-13-27)28-14-7-4-8-15-28/h3,5-6,9-10,12-13,16-19,22,26,28,32,34H,2,4,7-8,11,14-15,20-21,23-25H2,1H3. The van der Waals surface area contributed by atoms with Crippen LogP contribution in [0.2, 0.25) is 5.02 Å². The zero-order valence-corrected chi connectivity index (χ0v) is 27.5. The Morgan fingerprint density at radius 3 is 2.47 bits per heavy atom. The van der Waals surface area contributed by atoms with E-state index in [0.717, 1.165) is 31.0 Å². The van der Waals surface area contributed by atoms with Crippen molar-refractivity contribution in [3.05, 3.63) is 106 Å². The van der Waals surface area contributed by atoms with E-state index in [1.807, 2.05) is 37.3 Å². The SMILES string of the molecule is CCOCC(c1cccc(OCCCN(Cc2cccc(C(F)(F)F)c2Cl)CC(c2ccccc2)C2CCCCC2)c1)n1ncnn1. The molecule has 1 aliphatic rings. The third-order valence-corrected chi connectivity index (χ3v) is 9.38. The van der Waals surface area contributed by atoms with E-state index in [0.29, 0.717) is 56.6 Å². The number of nitrogens with zero attached hydrogens (tertiary/aromatic N) is 5. The Balaban J connectivity index is 1.31. The molecule has 47 heavy (non-hydrogen) atoms. The number of alkyl halides is 3. The summed E-state index contributed by atoms with van der Waals surface area (Å²) in [5.41, 5.74) is 1.90. The maximum absolute atomic E-state index is 13.7. The van der Waals surface area contributed by atoms with Crippen LogP contribution in [0.5, 0.6) is 5.75 Å². The molecule has 0 bridgehead atoms. The van der Waals surface area contributed by atoms with E-state index in [1.165, 1.54) is 42.0 Å². The Morgan fingerprint density at radius 2 is 1.74 bits per heavy atom. The van der Waals surface area contributed by atoms with Gasteiger partial charge in [-0.15, -0.1) is 10.2 Å². The van der Waals surface area contributed by atoms with Gasteiger partial charge in [-0.1, -0.05) is 85.5 Å². The average Bonchev–Trinajstić information content (AvgIpc) is 3.62. The lowest BCUT2D eigenvalue weighted by Crippen LogP contribution is -2.34. The molecule has 2 atom stereocenters. The van der Waals surface area contributed by atoms with E-state index in [1.54, 1.807) is 6.07 Å². The maximum atomic E-state index is 13.7. The number of benzene rings is 3. The van der Waals surface area contributed by atoms with Gasteiger partial charge < -0.3 is 9.47 Å². The van der Waals surface area contributed by atoms with Crippen LogP contribution >= 0.6 is 11.6 Å². The van der Waals surface area contributed by atoms with Gasteiger partial charge in [0.1, 0.15) is 11.8 Å². The minimum Gasteiger partial charge on any atom is -0.494 e. The van der Waals surface area contributed by atoms with E-state index in [4.69, 9.17) is 21.1 Å². The quantitative estimate of drug-likeness (QED) is 0.111. The first-order chi connectivity index (χ1) is 22.8. The van der Waals surface area contributed by atoms with Crippen molar-refractivity contribution in [1.82, 2.24) is 25.1 Å². The number of aromatic nitrogens is 4. The zero-order valence-electron chi connectivity index (χ0n) is 26.8. The Kier molecular flexibility index (Phi) is 12.7. The van der Waals surface area contributed by atoms with Crippen LogP contribution in [0, 0.1) is 5.92 Å². The molecule has 1 fully saturated rings. The number of hydrogen-bond donors (Lipinski definition) is 0. The van der Waals surface area contributed by atoms with Crippen molar-refractivity contribution in [2.24, 2.45) is 5.92 Å². The number of halogens is 4. The first kappa shape index (κ1) is 34.9. The highest BCUT2D eigenvalue weighted by Crippen LogP contribution is 2.39. The highest BCUT2D eigenvalue weighted by atomic mass is 35.5. The van der Waals surface area contributed by atoms with Gasteiger partial charge in [0.2, 0.25) is 0 Å². The zero-order chi connectivity index (χ0) is 33.1. The molecule has 2 unspecified atom stereocenters. The summed E-state index contributed by atoms with van der Waals surface area (Å²) in [6.07, 6.45) is 3.55. The summed E-state index contributed by atoms with van der Waals surface area (Å²) in [6.45, 7) is 5.01. The second-order valence-electron chi connectivity index (χ2n) is 12.1. The fourth-order valence-electron chi connectivity index (χ4n) is 6.57. The Labute approximate surface area is 280 Å². The normalized spacial score (nSPS) is 15.5. The molecular formula is C36H43ClF3N5O2. The lowest BCUT2D eigenvalue weighted by molar-refractivity contribution is -0.137. The summed E-state index contributed by atoms with van der Waals surface area (Å²) >= 11 is 6.40. The van der Waals surface area contributed by atoms with Crippen molar-refractivity contribution in [2.75, 3.05) is 32.9 Å². The Bertz CT molecular complexity index is 1500. The lowest BCUT2D eigenvalue weighted by Gasteiger charge is -2.35. The van der Waals surface area contributed by atoms with Crippen LogP contribution in [0.4, 0.5) is 13.2 Å². The highest BCUT2D eigenvalue weighted by Gasteiger charge is 2.34. The van der Waals surface area contributed by atoms with E-state index < -0.39 is 11.7 Å². The number of rotatable bonds is 16. The van der Waals surface area contributed by atoms with Gasteiger partial charge in [0.05, 0.1) is 23.8 Å². The highest BCUT2D eigenvalue weighted by molar-refractivity contribution is 6.32. The summed E-state index contributed by atoms with van der Waals surface area (Å²) in [5, 5.41) is 11.9. The van der Waals surface area contributed by atoms with E-state index in [-0.39, 0.29) is 17.0 Å². The topological polar surface area (TPSA) is 65.3 Å². The van der Waals surface area contributed by atoms with Crippen molar-refractivity contribution in [3.63, 3.8) is 0 Å². The summed E-state index contributed by atoms with van der Waals surface area (Å²) < 4.78 is 53.1. The van der Waals surface area contributed by atoms with E-state index in [2.05, 4.69) is 44.6 Å². The molecule has 5 rings (SSSR count). The van der Waals surface area contributed by atoms with Crippen LogP contribution < -0.4 is 4.74 Å². The molecule has 7 nitrogen and oxygen atoms in total. The summed E-state index contributed by atoms with van der Waals surface area (Å²) in [4.78, 5) is 3.78. The second kappa shape index (κ2) is 17.1. The van der Waals surface area contributed by atoms with Gasteiger partial charge in [-0.2, -0.15) is 18.0 Å². The molecule has 3 aromatic carbocycles. The molecule has 0 N–H and O–H groups in total. The molecular weight excluding hydrogens is 627 g/mol. The number of hydrogen-bond acceptors (Lipinski definition) is 6. The average molecular weight is 670 g/mol. The van der Waals surface area contributed by atoms with Crippen LogP contribution in [0.15, 0.2) is 79.1 Å². The molecule has 0 radical (unpaired) electrons. The monoisotopic (exact) mass is 669 g/mol. The molecule has 11 heteroatoms. The molecule has 1 aliphatic carbocycles. The van der Waals surface area contributed by atoms with Crippen molar-refractivity contribution in [1.29, 1.82) is 0 Å². The summed E-state index contributed by atoms with van der Waals surface area (Å²) in [7, 11) is 0. The molecule has 0 aliphatic heterocycles. The Morgan fingerprint density at radius 1 is 0.979 bits per heavy atom. The molecule has 0 amide bonds. The third kappa shape index (κ3) is 9.78. The van der Waals surface area contributed by atoms with Gasteiger partial charge in [-0.25, -0.2) is 0 Å². The third-order valence-electron chi connectivity index (χ3n) is 8.93. The lowest BCUT2D eigenvalue weighted by atomic mass is 9.76. The number of ether oxygens (including phenoxy) is 2. The fourth-order valence-corrected chi connectivity index (χ4v) is 6.86. The molecule has 252 valence electrons. The van der Waals surface area contributed by atoms with Gasteiger partial charge in [-0.05, 0) is 78.1 Å². The first-order valence-electron chi connectivity index (χ1n) is 16.5. The van der Waals surface area contributed by atoms with Crippen LogP contribution in [-0.4, -0.2) is 58.0 Å². The van der Waals surface area contributed by atoms with Crippen molar-refractivity contribution < 1.29 is 22.6 Å². The first-order valence-corrected chi connectivity index (χ1v) is 16.9. The van der Waals surface area contributed by atoms with Gasteiger partial charge in [0, 0.05) is 26.2 Å². The van der Waals surface area contributed by atoms with Gasteiger partial charge >= 0.3 is 6.18 Å². The largest absolute Gasteiger partial charge is 0.494 e. The Hall–Kier alpha value is -3.47. The van der Waals surface area contributed by atoms with Crippen molar-refractivity contribution >= 4 is 11.6 Å². The van der Waals surface area contributed by atoms with E-state index >= 15 is 0 Å². The molecule has 0 saturated heterocycles. The van der Waals surface area contributed by atoms with Gasteiger partial charge in [0.25, 0.3) is 0 Å². The molecule has 1 aromatic heterocycles. The molecule has 0 spiro atoms. The minimum atomic E-state index is -4.51. The fraction of sp³-hybridized carbons (Fsp3) is 0.472. The van der Waals surface area contributed by atoms with Crippen molar-refractivity contribution in [3.8, 4) is 5.75 Å². The van der Waals surface area contributed by atoms with Gasteiger partial charge in [-0.3, -0.25) is 4.90 Å². The summed E-state index contributed by atoms with van der Waals surface area (Å²) in [5.74, 6) is 1.50. The molecule has 1 saturated carbocycles. The minimum absolute atomic E-state index is 0.226. The van der Waals surface area contributed by atoms with E-state index in [9.17, 15) is 13.2 Å². The van der Waals surface area contributed by atoms with Crippen LogP contribution in [0.25, 0.3) is 0 Å².